The van der Waals surface area contributed by atoms with Gasteiger partial charge in [-0.15, -0.1) is 0 Å². The van der Waals surface area contributed by atoms with Crippen LogP contribution in [0, 0.1) is 0 Å². The lowest BCUT2D eigenvalue weighted by Crippen LogP contribution is -2.42. The molecule has 11 nitrogen and oxygen atoms in total. The van der Waals surface area contributed by atoms with E-state index in [4.69, 9.17) is 22.3 Å². The third kappa shape index (κ3) is 13.6. The van der Waals surface area contributed by atoms with E-state index >= 15 is 0 Å². The number of nitrogens with one attached hydrogen (secondary N) is 1. The van der Waals surface area contributed by atoms with Gasteiger partial charge in [0.2, 0.25) is 5.91 Å². The van der Waals surface area contributed by atoms with Crippen LogP contribution in [0.5, 0.6) is 0 Å². The molecule has 0 fully saturated rings. The highest BCUT2D eigenvalue weighted by molar-refractivity contribution is 6.03. The Morgan fingerprint density at radius 1 is 0.707 bits per heavy atom. The molecular formula is C30H42N4O7. The van der Waals surface area contributed by atoms with Crippen molar-refractivity contribution < 1.29 is 34.2 Å². The lowest BCUT2D eigenvalue weighted by molar-refractivity contribution is -0.141. The largest absolute Gasteiger partial charge is 0.480 e. The second-order valence-corrected chi connectivity index (χ2v) is 9.70. The maximum atomic E-state index is 12.3. The van der Waals surface area contributed by atoms with E-state index in [0.717, 1.165) is 19.3 Å². The molecule has 0 aliphatic rings. The Labute approximate surface area is 240 Å². The Morgan fingerprint density at radius 3 is 1.63 bits per heavy atom. The number of carboxylic acid groups (broad SMARTS) is 2. The van der Waals surface area contributed by atoms with E-state index in [-0.39, 0.29) is 36.5 Å². The maximum absolute atomic E-state index is 12.3. The highest BCUT2D eigenvalue weighted by atomic mass is 16.4. The Morgan fingerprint density at radius 2 is 1.17 bits per heavy atom. The first kappa shape index (κ1) is 34.8. The van der Waals surface area contributed by atoms with Crippen molar-refractivity contribution in [3.63, 3.8) is 0 Å². The zero-order chi connectivity index (χ0) is 30.8. The van der Waals surface area contributed by atoms with Crippen LogP contribution in [0.4, 0.5) is 11.4 Å². The number of benzene rings is 2. The summed E-state index contributed by atoms with van der Waals surface area (Å²) in [6.45, 7) is 2.17. The quantitative estimate of drug-likeness (QED) is 0.0918. The molecule has 0 heterocycles. The lowest BCUT2D eigenvalue weighted by atomic mass is 10.0. The van der Waals surface area contributed by atoms with Gasteiger partial charge in [0.25, 0.3) is 0 Å². The van der Waals surface area contributed by atoms with Gasteiger partial charge in [-0.05, 0) is 30.7 Å². The number of rotatable bonds is 17. The van der Waals surface area contributed by atoms with Crippen LogP contribution in [-0.4, -0.2) is 51.7 Å². The number of para-hydroxylation sites is 2. The fourth-order valence-electron chi connectivity index (χ4n) is 3.90. The molecule has 1 amide bonds. The molecule has 0 aliphatic heterocycles. The van der Waals surface area contributed by atoms with Gasteiger partial charge in [0.05, 0.1) is 0 Å². The van der Waals surface area contributed by atoms with Gasteiger partial charge in [0.15, 0.2) is 11.6 Å². The van der Waals surface area contributed by atoms with Crippen LogP contribution in [-0.2, 0) is 14.4 Å². The van der Waals surface area contributed by atoms with Gasteiger partial charge in [0.1, 0.15) is 12.1 Å². The van der Waals surface area contributed by atoms with Crippen molar-refractivity contribution in [1.82, 2.24) is 5.32 Å². The minimum absolute atomic E-state index is 0.246. The standard InChI is InChI=1S/C20H30N2O4.C10H12N2O3/c1-2-3-4-5-6-7-8-13-19(24)22-17(20(25)26)14-18(23)15-11-9-10-12-16(15)21;11-7-4-2-1-3-6(7)9(13)5-8(12)10(14)15/h9-12,17H,2-8,13-14,21H2,1H3,(H,22,24)(H,25,26);1-4,8H,5,11-12H2,(H,14,15). The number of nitrogen functional groups attached to an aromatic ring is 2. The van der Waals surface area contributed by atoms with Crippen LogP contribution >= 0.6 is 0 Å². The zero-order valence-electron chi connectivity index (χ0n) is 23.5. The molecule has 0 spiro atoms. The molecule has 2 unspecified atom stereocenters. The molecule has 0 radical (unpaired) electrons. The van der Waals surface area contributed by atoms with Gasteiger partial charge in [-0.2, -0.15) is 0 Å². The fourth-order valence-corrected chi connectivity index (χ4v) is 3.90. The highest BCUT2D eigenvalue weighted by Crippen LogP contribution is 2.15. The number of carboxylic acids is 2. The Hall–Kier alpha value is -4.25. The number of unbranched alkanes of at least 4 members (excludes halogenated alkanes) is 6. The first-order valence-corrected chi connectivity index (χ1v) is 13.7. The van der Waals surface area contributed by atoms with Crippen LogP contribution in [0.1, 0.15) is 91.8 Å². The molecule has 2 atom stereocenters. The Balaban J connectivity index is 0.000000474. The number of ketones is 2. The SMILES string of the molecule is CCCCCCCCCC(=O)NC(CC(=O)c1ccccc1N)C(=O)O.Nc1ccccc1C(=O)CC(N)C(=O)O. The van der Waals surface area contributed by atoms with E-state index < -0.39 is 29.8 Å². The first-order chi connectivity index (χ1) is 19.5. The molecule has 41 heavy (non-hydrogen) atoms. The molecule has 0 saturated carbocycles. The summed E-state index contributed by atoms with van der Waals surface area (Å²) < 4.78 is 0. The van der Waals surface area contributed by atoms with E-state index in [2.05, 4.69) is 12.2 Å². The number of hydrogen-bond acceptors (Lipinski definition) is 8. The number of carbonyl (C=O) groups is 5. The monoisotopic (exact) mass is 570 g/mol. The second kappa shape index (κ2) is 18.9. The topological polar surface area (TPSA) is 216 Å². The summed E-state index contributed by atoms with van der Waals surface area (Å²) >= 11 is 0. The average Bonchev–Trinajstić information content (AvgIpc) is 2.92. The molecule has 2 aromatic carbocycles. The molecule has 0 aliphatic carbocycles. The number of Topliss-reactive ketones (excluding diaryl/α,β-unsaturated/α-hetero) is 2. The zero-order valence-corrected chi connectivity index (χ0v) is 23.5. The summed E-state index contributed by atoms with van der Waals surface area (Å²) in [5, 5.41) is 20.3. The van der Waals surface area contributed by atoms with Gasteiger partial charge in [0, 0.05) is 41.8 Å². The van der Waals surface area contributed by atoms with Gasteiger partial charge < -0.3 is 32.7 Å². The number of nitrogens with two attached hydrogens (primary N) is 3. The van der Waals surface area contributed by atoms with E-state index in [1.54, 1.807) is 48.5 Å². The number of aliphatic carboxylic acids is 2. The van der Waals surface area contributed by atoms with Gasteiger partial charge >= 0.3 is 11.9 Å². The average molecular weight is 571 g/mol. The normalized spacial score (nSPS) is 11.9. The van der Waals surface area contributed by atoms with Crippen LogP contribution in [0.25, 0.3) is 0 Å². The third-order valence-electron chi connectivity index (χ3n) is 6.28. The lowest BCUT2D eigenvalue weighted by Gasteiger charge is -2.14. The molecule has 0 saturated heterocycles. The molecule has 224 valence electrons. The third-order valence-corrected chi connectivity index (χ3v) is 6.28. The van der Waals surface area contributed by atoms with Crippen molar-refractivity contribution in [3.05, 3.63) is 59.7 Å². The molecular weight excluding hydrogens is 528 g/mol. The fraction of sp³-hybridized carbons (Fsp3) is 0.433. The smallest absolute Gasteiger partial charge is 0.326 e. The second-order valence-electron chi connectivity index (χ2n) is 9.70. The van der Waals surface area contributed by atoms with E-state index in [1.807, 2.05) is 0 Å². The van der Waals surface area contributed by atoms with E-state index in [0.29, 0.717) is 16.9 Å². The number of amides is 1. The summed E-state index contributed by atoms with van der Waals surface area (Å²) in [5.74, 6) is -3.51. The summed E-state index contributed by atoms with van der Waals surface area (Å²) in [5.41, 5.74) is 17.8. The molecule has 2 rings (SSSR count). The van der Waals surface area contributed by atoms with Crippen molar-refractivity contribution in [2.45, 2.75) is 83.2 Å². The maximum Gasteiger partial charge on any atom is 0.326 e. The minimum atomic E-state index is -1.24. The molecule has 11 heteroatoms. The summed E-state index contributed by atoms with van der Waals surface area (Å²) in [4.78, 5) is 57.6. The summed E-state index contributed by atoms with van der Waals surface area (Å²) in [6, 6.07) is 10.6. The summed E-state index contributed by atoms with van der Waals surface area (Å²) in [7, 11) is 0. The van der Waals surface area contributed by atoms with Crippen molar-refractivity contribution in [1.29, 1.82) is 0 Å². The van der Waals surface area contributed by atoms with E-state index in [1.165, 1.54) is 25.7 Å². The van der Waals surface area contributed by atoms with Gasteiger partial charge in [-0.3, -0.25) is 19.2 Å². The van der Waals surface area contributed by atoms with Crippen LogP contribution in [0.15, 0.2) is 48.5 Å². The van der Waals surface area contributed by atoms with Crippen LogP contribution < -0.4 is 22.5 Å². The van der Waals surface area contributed by atoms with Crippen molar-refractivity contribution >= 4 is 40.8 Å². The molecule has 9 N–H and O–H groups in total. The van der Waals surface area contributed by atoms with Crippen LogP contribution in [0.2, 0.25) is 0 Å². The summed E-state index contributed by atoms with van der Waals surface area (Å²) in [6.07, 6.45) is 7.30. The molecule has 0 bridgehead atoms. The van der Waals surface area contributed by atoms with E-state index in [9.17, 15) is 29.1 Å². The van der Waals surface area contributed by atoms with Crippen molar-refractivity contribution in [2.24, 2.45) is 5.73 Å². The molecule has 2 aromatic rings. The highest BCUT2D eigenvalue weighted by Gasteiger charge is 2.24. The van der Waals surface area contributed by atoms with Crippen molar-refractivity contribution in [2.75, 3.05) is 11.5 Å². The predicted octanol–water partition coefficient (Wildman–Crippen LogP) is 3.81. The Kier molecular flexibility index (Phi) is 16.1. The first-order valence-electron chi connectivity index (χ1n) is 13.7. The number of carbonyl (C=O) groups excluding carboxylic acids is 3. The van der Waals surface area contributed by atoms with Crippen molar-refractivity contribution in [3.8, 4) is 0 Å². The number of anilines is 2. The van der Waals surface area contributed by atoms with Gasteiger partial charge in [-0.1, -0.05) is 69.7 Å². The van der Waals surface area contributed by atoms with Crippen LogP contribution in [0.3, 0.4) is 0 Å². The predicted molar refractivity (Wildman–Crippen MR) is 157 cm³/mol. The molecule has 0 aromatic heterocycles. The van der Waals surface area contributed by atoms with Gasteiger partial charge in [-0.25, -0.2) is 4.79 Å². The minimum Gasteiger partial charge on any atom is -0.480 e. The Bertz CT molecular complexity index is 1170. The number of hydrogen-bond donors (Lipinski definition) is 6.